The summed E-state index contributed by atoms with van der Waals surface area (Å²) in [6.45, 7) is 1.90. The fraction of sp³-hybridized carbons (Fsp3) is 0.0769. The molecule has 1 amide bonds. The van der Waals surface area contributed by atoms with Gasteiger partial charge < -0.3 is 5.32 Å². The fourth-order valence-electron chi connectivity index (χ4n) is 3.45. The lowest BCUT2D eigenvalue weighted by Gasteiger charge is -2.11. The van der Waals surface area contributed by atoms with E-state index >= 15 is 0 Å². The first-order valence-electron chi connectivity index (χ1n) is 10.2. The number of carbonyl (C=O) groups is 1. The number of hydrogen-bond acceptors (Lipinski definition) is 3. The van der Waals surface area contributed by atoms with E-state index in [0.717, 1.165) is 27.1 Å². The third-order valence-corrected chi connectivity index (χ3v) is 6.16. The number of rotatable bonds is 5. The second kappa shape index (κ2) is 9.61. The molecule has 0 aliphatic heterocycles. The molecule has 0 aliphatic rings. The minimum absolute atomic E-state index is 0.360. The third-order valence-electron chi connectivity index (χ3n) is 5.11. The average Bonchev–Trinajstić information content (AvgIpc) is 3.12. The van der Waals surface area contributed by atoms with E-state index in [9.17, 15) is 22.4 Å². The van der Waals surface area contributed by atoms with E-state index in [1.807, 2.05) is 13.0 Å². The predicted molar refractivity (Wildman–Crippen MR) is 127 cm³/mol. The van der Waals surface area contributed by atoms with Crippen LogP contribution in [0.4, 0.5) is 23.2 Å². The van der Waals surface area contributed by atoms with E-state index < -0.39 is 17.6 Å². The van der Waals surface area contributed by atoms with Crippen LogP contribution in [0.25, 0.3) is 15.7 Å². The molecule has 0 saturated heterocycles. The van der Waals surface area contributed by atoms with Crippen molar-refractivity contribution in [3.8, 4) is 0 Å². The van der Waals surface area contributed by atoms with Crippen LogP contribution in [-0.2, 0) is 11.0 Å². The van der Waals surface area contributed by atoms with Crippen molar-refractivity contribution in [2.45, 2.75) is 13.1 Å². The van der Waals surface area contributed by atoms with Gasteiger partial charge in [0.25, 0.3) is 0 Å². The zero-order valence-corrected chi connectivity index (χ0v) is 18.7. The first kappa shape index (κ1) is 23.4. The Labute approximate surface area is 197 Å². The van der Waals surface area contributed by atoms with Crippen molar-refractivity contribution in [1.82, 2.24) is 4.98 Å². The summed E-state index contributed by atoms with van der Waals surface area (Å²) >= 11 is 1.52. The number of anilines is 1. The summed E-state index contributed by atoms with van der Waals surface area (Å²) in [4.78, 5) is 17.6. The van der Waals surface area contributed by atoms with Crippen molar-refractivity contribution in [3.63, 3.8) is 0 Å². The second-order valence-corrected chi connectivity index (χ2v) is 8.67. The summed E-state index contributed by atoms with van der Waals surface area (Å²) in [6.07, 6.45) is 3.39. The number of alkyl halides is 3. The maximum atomic E-state index is 13.4. The molecule has 3 nitrogen and oxygen atoms in total. The average molecular weight is 483 g/mol. The van der Waals surface area contributed by atoms with Gasteiger partial charge in [-0.1, -0.05) is 36.4 Å². The lowest BCUT2D eigenvalue weighted by Crippen LogP contribution is -2.08. The number of thiophene rings is 1. The minimum atomic E-state index is -4.45. The predicted octanol–water partition coefficient (Wildman–Crippen LogP) is 7.39. The van der Waals surface area contributed by atoms with Gasteiger partial charge in [0.05, 0.1) is 16.0 Å². The maximum absolute atomic E-state index is 13.4. The van der Waals surface area contributed by atoms with E-state index in [1.165, 1.54) is 59.9 Å². The highest BCUT2D eigenvalue weighted by molar-refractivity contribution is 7.19. The third kappa shape index (κ3) is 5.23. The van der Waals surface area contributed by atoms with E-state index in [0.29, 0.717) is 22.4 Å². The van der Waals surface area contributed by atoms with Crippen LogP contribution in [0.2, 0.25) is 0 Å². The number of pyridine rings is 1. The molecule has 4 rings (SSSR count). The van der Waals surface area contributed by atoms with E-state index in [-0.39, 0.29) is 5.91 Å². The molecular weight excluding hydrogens is 464 g/mol. The molecule has 8 heteroatoms. The van der Waals surface area contributed by atoms with Gasteiger partial charge in [-0.05, 0) is 54.0 Å². The van der Waals surface area contributed by atoms with E-state index in [4.69, 9.17) is 0 Å². The summed E-state index contributed by atoms with van der Waals surface area (Å²) in [5, 5.41) is 3.77. The fourth-order valence-corrected chi connectivity index (χ4v) is 4.44. The van der Waals surface area contributed by atoms with Gasteiger partial charge in [-0.2, -0.15) is 13.2 Å². The summed E-state index contributed by atoms with van der Waals surface area (Å²) in [6, 6.07) is 12.1. The van der Waals surface area contributed by atoms with Crippen LogP contribution in [0.15, 0.2) is 85.2 Å². The molecule has 2 aromatic carbocycles. The second-order valence-electron chi connectivity index (χ2n) is 7.42. The van der Waals surface area contributed by atoms with Crippen molar-refractivity contribution in [2.75, 3.05) is 5.32 Å². The molecule has 172 valence electrons. The molecule has 0 unspecified atom stereocenters. The van der Waals surface area contributed by atoms with E-state index in [2.05, 4.69) is 10.3 Å². The van der Waals surface area contributed by atoms with Crippen molar-refractivity contribution in [1.29, 1.82) is 0 Å². The molecule has 0 bridgehead atoms. The number of nitrogens with one attached hydrogen (secondary N) is 1. The molecule has 0 atom stereocenters. The number of fused-ring (bicyclic) bond motifs is 1. The lowest BCUT2D eigenvalue weighted by atomic mass is 9.96. The summed E-state index contributed by atoms with van der Waals surface area (Å²) in [7, 11) is 0. The Bertz CT molecular complexity index is 1390. The largest absolute Gasteiger partial charge is 0.416 e. The Kier molecular flexibility index (Phi) is 6.61. The number of amides is 1. The van der Waals surface area contributed by atoms with E-state index in [1.54, 1.807) is 18.5 Å². The molecular formula is C26H18F4N2OS. The quantitative estimate of drug-likeness (QED) is 0.183. The highest BCUT2D eigenvalue weighted by atomic mass is 32.1. The van der Waals surface area contributed by atoms with Crippen LogP contribution in [0.3, 0.4) is 0 Å². The molecule has 0 radical (unpaired) electrons. The van der Waals surface area contributed by atoms with Crippen LogP contribution < -0.4 is 5.32 Å². The monoisotopic (exact) mass is 482 g/mol. The zero-order chi connectivity index (χ0) is 24.3. The van der Waals surface area contributed by atoms with Crippen LogP contribution >= 0.6 is 11.3 Å². The Morgan fingerprint density at radius 3 is 2.29 bits per heavy atom. The lowest BCUT2D eigenvalue weighted by molar-refractivity contribution is -0.137. The summed E-state index contributed by atoms with van der Waals surface area (Å²) in [5.41, 5.74) is 1.58. The SMILES string of the molecule is Cc1sc2cnccc2c1NC(=O)/C=C/C=C(/c1ccc(F)cc1)c1ccc(C(F)(F)F)cc1. The molecule has 0 spiro atoms. The number of aromatic nitrogens is 1. The Hall–Kier alpha value is -3.78. The smallest absolute Gasteiger partial charge is 0.321 e. The first-order chi connectivity index (χ1) is 16.2. The van der Waals surface area contributed by atoms with Crippen molar-refractivity contribution >= 4 is 38.6 Å². The van der Waals surface area contributed by atoms with Gasteiger partial charge >= 0.3 is 6.18 Å². The van der Waals surface area contributed by atoms with Crippen molar-refractivity contribution < 1.29 is 22.4 Å². The topological polar surface area (TPSA) is 42.0 Å². The summed E-state index contributed by atoms with van der Waals surface area (Å²) < 4.78 is 53.2. The zero-order valence-electron chi connectivity index (χ0n) is 17.9. The molecule has 0 aliphatic carbocycles. The van der Waals surface area contributed by atoms with Gasteiger partial charge in [-0.15, -0.1) is 11.3 Å². The molecule has 34 heavy (non-hydrogen) atoms. The number of aryl methyl sites for hydroxylation is 1. The highest BCUT2D eigenvalue weighted by Gasteiger charge is 2.30. The van der Waals surface area contributed by atoms with Gasteiger partial charge in [0.2, 0.25) is 5.91 Å². The molecule has 0 saturated carbocycles. The highest BCUT2D eigenvalue weighted by Crippen LogP contribution is 2.34. The van der Waals surface area contributed by atoms with Crippen LogP contribution in [0, 0.1) is 12.7 Å². The molecule has 2 aromatic heterocycles. The van der Waals surface area contributed by atoms with Gasteiger partial charge in [-0.25, -0.2) is 4.39 Å². The summed E-state index contributed by atoms with van der Waals surface area (Å²) in [5.74, 6) is -0.791. The van der Waals surface area contributed by atoms with Crippen LogP contribution in [0.1, 0.15) is 21.6 Å². The van der Waals surface area contributed by atoms with Crippen LogP contribution in [0.5, 0.6) is 0 Å². The standard InChI is InChI=1S/C26H18F4N2OS/c1-16-25(22-13-14-31-15-23(22)34-16)32-24(33)4-2-3-21(18-7-11-20(27)12-8-18)17-5-9-19(10-6-17)26(28,29)30/h2-15H,1H3,(H,32,33)/b4-2+,21-3+. The molecule has 2 heterocycles. The van der Waals surface area contributed by atoms with Crippen molar-refractivity contribution in [2.24, 2.45) is 0 Å². The molecule has 4 aromatic rings. The molecule has 1 N–H and O–H groups in total. The normalized spacial score (nSPS) is 12.4. The minimum Gasteiger partial charge on any atom is -0.321 e. The Morgan fingerprint density at radius 2 is 1.65 bits per heavy atom. The van der Waals surface area contributed by atoms with Gasteiger partial charge in [0.1, 0.15) is 5.82 Å². The number of allylic oxidation sites excluding steroid dienone is 2. The van der Waals surface area contributed by atoms with Gasteiger partial charge in [0.15, 0.2) is 0 Å². The van der Waals surface area contributed by atoms with Gasteiger partial charge in [0, 0.05) is 28.7 Å². The Morgan fingerprint density at radius 1 is 1.00 bits per heavy atom. The van der Waals surface area contributed by atoms with Crippen LogP contribution in [-0.4, -0.2) is 10.9 Å². The molecule has 0 fully saturated rings. The van der Waals surface area contributed by atoms with Crippen molar-refractivity contribution in [3.05, 3.63) is 113 Å². The van der Waals surface area contributed by atoms with Gasteiger partial charge in [-0.3, -0.25) is 9.78 Å². The number of carbonyl (C=O) groups excluding carboxylic acids is 1. The first-order valence-corrected chi connectivity index (χ1v) is 11.0. The maximum Gasteiger partial charge on any atom is 0.416 e. The number of hydrogen-bond donors (Lipinski definition) is 1. The number of benzene rings is 2. The number of nitrogens with zero attached hydrogens (tertiary/aromatic N) is 1. The Balaban J connectivity index is 1.61. The number of halogens is 4.